The van der Waals surface area contributed by atoms with Crippen LogP contribution in [0.4, 0.5) is 10.6 Å². The van der Waals surface area contributed by atoms with Crippen molar-refractivity contribution in [3.05, 3.63) is 77.2 Å². The van der Waals surface area contributed by atoms with Gasteiger partial charge < -0.3 is 10.2 Å². The number of benzene rings is 1. The lowest BCUT2D eigenvalue weighted by Gasteiger charge is -2.16. The molecule has 0 saturated carbocycles. The fourth-order valence-corrected chi connectivity index (χ4v) is 2.89. The number of aromatic amines is 1. The molecule has 9 heteroatoms. The number of nitrogens with zero attached hydrogens (tertiary/aromatic N) is 3. The molecule has 3 N–H and O–H groups in total. The summed E-state index contributed by atoms with van der Waals surface area (Å²) in [6.45, 7) is 0.479. The number of aromatic nitrogens is 3. The highest BCUT2D eigenvalue weighted by molar-refractivity contribution is 6.04. The molecule has 4 amide bonds. The molecule has 9 nitrogen and oxygen atoms in total. The fourth-order valence-electron chi connectivity index (χ4n) is 2.89. The van der Waals surface area contributed by atoms with E-state index in [4.69, 9.17) is 0 Å². The zero-order valence-electron chi connectivity index (χ0n) is 14.7. The molecule has 0 radical (unpaired) electrons. The molecule has 28 heavy (non-hydrogen) atoms. The number of amides is 4. The molecule has 4 rings (SSSR count). The van der Waals surface area contributed by atoms with Crippen LogP contribution in [0, 0.1) is 0 Å². The zero-order valence-corrected chi connectivity index (χ0v) is 14.7. The SMILES string of the molecule is O=C(NC(=O)N1Cc2[nH]nc(NC(=O)c3ccccn3)c2C1)c1ccccc1. The topological polar surface area (TPSA) is 120 Å². The molecule has 0 aliphatic carbocycles. The number of imide groups is 1. The summed E-state index contributed by atoms with van der Waals surface area (Å²) < 4.78 is 0. The molecule has 0 unspecified atom stereocenters. The Kier molecular flexibility index (Phi) is 4.55. The van der Waals surface area contributed by atoms with Crippen LogP contribution < -0.4 is 10.6 Å². The van der Waals surface area contributed by atoms with E-state index >= 15 is 0 Å². The lowest BCUT2D eigenvalue weighted by Crippen LogP contribution is -2.40. The van der Waals surface area contributed by atoms with Crippen LogP contribution in [-0.2, 0) is 13.1 Å². The summed E-state index contributed by atoms with van der Waals surface area (Å²) in [5.74, 6) is -0.518. The third-order valence-corrected chi connectivity index (χ3v) is 4.32. The number of nitrogens with one attached hydrogen (secondary N) is 3. The van der Waals surface area contributed by atoms with Gasteiger partial charge in [0.1, 0.15) is 5.69 Å². The van der Waals surface area contributed by atoms with Crippen molar-refractivity contribution in [3.63, 3.8) is 0 Å². The van der Waals surface area contributed by atoms with Gasteiger partial charge >= 0.3 is 6.03 Å². The minimum absolute atomic E-state index is 0.220. The molecule has 0 bridgehead atoms. The second-order valence-electron chi connectivity index (χ2n) is 6.18. The van der Waals surface area contributed by atoms with Crippen molar-refractivity contribution in [2.75, 3.05) is 5.32 Å². The Morgan fingerprint density at radius 2 is 1.75 bits per heavy atom. The van der Waals surface area contributed by atoms with Gasteiger partial charge in [0.05, 0.1) is 18.8 Å². The number of urea groups is 1. The van der Waals surface area contributed by atoms with E-state index in [2.05, 4.69) is 25.8 Å². The van der Waals surface area contributed by atoms with Crippen LogP contribution in [0.3, 0.4) is 0 Å². The molecular weight excluding hydrogens is 360 g/mol. The first-order chi connectivity index (χ1) is 13.6. The molecule has 0 atom stereocenters. The highest BCUT2D eigenvalue weighted by Crippen LogP contribution is 2.27. The number of carbonyl (C=O) groups excluding carboxylic acids is 3. The first-order valence-corrected chi connectivity index (χ1v) is 8.55. The molecule has 140 valence electrons. The largest absolute Gasteiger partial charge is 0.324 e. The lowest BCUT2D eigenvalue weighted by atomic mass is 10.2. The first-order valence-electron chi connectivity index (χ1n) is 8.55. The van der Waals surface area contributed by atoms with Gasteiger partial charge in [0.2, 0.25) is 0 Å². The molecular formula is C19H16N6O3. The number of hydrogen-bond acceptors (Lipinski definition) is 5. The Hall–Kier alpha value is -4.01. The standard InChI is InChI=1S/C19H16N6O3/c26-17(12-6-2-1-3-7-12)22-19(28)25-10-13-15(11-25)23-24-16(13)21-18(27)14-8-4-5-9-20-14/h1-9H,10-11H2,(H,22,26,28)(H2,21,23,24,27). The van der Waals surface area contributed by atoms with Gasteiger partial charge in [-0.15, -0.1) is 0 Å². The monoisotopic (exact) mass is 376 g/mol. The van der Waals surface area contributed by atoms with Gasteiger partial charge in [-0.2, -0.15) is 5.10 Å². The Labute approximate surface area is 159 Å². The predicted molar refractivity (Wildman–Crippen MR) is 99.3 cm³/mol. The van der Waals surface area contributed by atoms with E-state index in [1.54, 1.807) is 48.5 Å². The normalized spacial score (nSPS) is 12.4. The van der Waals surface area contributed by atoms with Crippen LogP contribution >= 0.6 is 0 Å². The minimum atomic E-state index is -0.513. The van der Waals surface area contributed by atoms with Crippen LogP contribution in [0.15, 0.2) is 54.7 Å². The van der Waals surface area contributed by atoms with Gasteiger partial charge in [0.15, 0.2) is 5.82 Å². The van der Waals surface area contributed by atoms with E-state index < -0.39 is 17.8 Å². The molecule has 1 aromatic carbocycles. The van der Waals surface area contributed by atoms with Gasteiger partial charge in [-0.3, -0.25) is 25.0 Å². The highest BCUT2D eigenvalue weighted by Gasteiger charge is 2.30. The maximum absolute atomic E-state index is 12.4. The molecule has 3 aromatic rings. The van der Waals surface area contributed by atoms with Crippen LogP contribution in [0.2, 0.25) is 0 Å². The third-order valence-electron chi connectivity index (χ3n) is 4.32. The van der Waals surface area contributed by atoms with E-state index in [0.29, 0.717) is 22.6 Å². The van der Waals surface area contributed by atoms with E-state index in [1.165, 1.54) is 11.1 Å². The minimum Gasteiger partial charge on any atom is -0.314 e. The van der Waals surface area contributed by atoms with Gasteiger partial charge in [0.25, 0.3) is 11.8 Å². The van der Waals surface area contributed by atoms with Crippen LogP contribution in [0.25, 0.3) is 0 Å². The molecule has 1 aliphatic heterocycles. The Morgan fingerprint density at radius 3 is 2.50 bits per heavy atom. The molecule has 1 aliphatic rings. The summed E-state index contributed by atoms with van der Waals surface area (Å²) in [7, 11) is 0. The quantitative estimate of drug-likeness (QED) is 0.645. The van der Waals surface area contributed by atoms with E-state index in [0.717, 1.165) is 0 Å². The second kappa shape index (κ2) is 7.31. The van der Waals surface area contributed by atoms with E-state index in [-0.39, 0.29) is 18.8 Å². The highest BCUT2D eigenvalue weighted by atomic mass is 16.2. The predicted octanol–water partition coefficient (Wildman–Crippen LogP) is 1.92. The number of H-pyrrole nitrogens is 1. The summed E-state index contributed by atoms with van der Waals surface area (Å²) in [6.07, 6.45) is 1.53. The molecule has 3 heterocycles. The van der Waals surface area contributed by atoms with Crippen molar-refractivity contribution in [3.8, 4) is 0 Å². The summed E-state index contributed by atoms with van der Waals surface area (Å²) >= 11 is 0. The van der Waals surface area contributed by atoms with Crippen molar-refractivity contribution >= 4 is 23.7 Å². The molecule has 2 aromatic heterocycles. The summed E-state index contributed by atoms with van der Waals surface area (Å²) in [5, 5.41) is 12.0. The molecule has 0 saturated heterocycles. The molecule has 0 fully saturated rings. The lowest BCUT2D eigenvalue weighted by molar-refractivity contribution is 0.0950. The summed E-state index contributed by atoms with van der Waals surface area (Å²) in [5.41, 5.74) is 2.07. The van der Waals surface area contributed by atoms with Gasteiger partial charge in [0, 0.05) is 17.3 Å². The van der Waals surface area contributed by atoms with Crippen molar-refractivity contribution in [2.45, 2.75) is 13.1 Å². The maximum atomic E-state index is 12.4. The van der Waals surface area contributed by atoms with Crippen LogP contribution in [0.5, 0.6) is 0 Å². The van der Waals surface area contributed by atoms with Gasteiger partial charge in [-0.1, -0.05) is 24.3 Å². The van der Waals surface area contributed by atoms with E-state index in [9.17, 15) is 14.4 Å². The van der Waals surface area contributed by atoms with Gasteiger partial charge in [-0.05, 0) is 24.3 Å². The van der Waals surface area contributed by atoms with Crippen LogP contribution in [-0.4, -0.2) is 37.9 Å². The molecule has 0 spiro atoms. The third kappa shape index (κ3) is 3.45. The number of fused-ring (bicyclic) bond motifs is 1. The summed E-state index contributed by atoms with van der Waals surface area (Å²) in [6, 6.07) is 13.0. The smallest absolute Gasteiger partial charge is 0.314 e. The summed E-state index contributed by atoms with van der Waals surface area (Å²) in [4.78, 5) is 42.3. The Morgan fingerprint density at radius 1 is 0.964 bits per heavy atom. The van der Waals surface area contributed by atoms with Crippen LogP contribution in [0.1, 0.15) is 32.1 Å². The maximum Gasteiger partial charge on any atom is 0.324 e. The number of carbonyl (C=O) groups is 3. The number of pyridine rings is 1. The average Bonchev–Trinajstić information content (AvgIpc) is 3.31. The fraction of sp³-hybridized carbons (Fsp3) is 0.105. The van der Waals surface area contributed by atoms with Crippen molar-refractivity contribution < 1.29 is 14.4 Å². The number of hydrogen-bond donors (Lipinski definition) is 3. The number of anilines is 1. The number of rotatable bonds is 3. The van der Waals surface area contributed by atoms with E-state index in [1.807, 2.05) is 0 Å². The second-order valence-corrected chi connectivity index (χ2v) is 6.18. The zero-order chi connectivity index (χ0) is 19.5. The first kappa shape index (κ1) is 17.4. The Balaban J connectivity index is 1.41. The van der Waals surface area contributed by atoms with Crippen molar-refractivity contribution in [1.82, 2.24) is 25.4 Å². The Bertz CT molecular complexity index is 1030. The van der Waals surface area contributed by atoms with Gasteiger partial charge in [-0.25, -0.2) is 4.79 Å². The van der Waals surface area contributed by atoms with Crippen molar-refractivity contribution in [1.29, 1.82) is 0 Å². The average molecular weight is 376 g/mol. The van der Waals surface area contributed by atoms with Crippen molar-refractivity contribution in [2.24, 2.45) is 0 Å².